The van der Waals surface area contributed by atoms with Gasteiger partial charge in [-0.15, -0.1) is 0 Å². The standard InChI is InChI=1S/C16H14O4/c1-12-6-8-14(9-7-12)19-11-16(18)20-15-5-3-2-4-13(15)10-17/h2-10H,11H2,1H3. The van der Waals surface area contributed by atoms with Crippen LogP contribution in [0.15, 0.2) is 48.5 Å². The predicted octanol–water partition coefficient (Wildman–Crippen LogP) is 2.79. The van der Waals surface area contributed by atoms with Crippen LogP contribution >= 0.6 is 0 Å². The van der Waals surface area contributed by atoms with E-state index in [1.807, 2.05) is 19.1 Å². The third-order valence-electron chi connectivity index (χ3n) is 2.65. The summed E-state index contributed by atoms with van der Waals surface area (Å²) >= 11 is 0. The maximum Gasteiger partial charge on any atom is 0.349 e. The number of rotatable bonds is 5. The maximum absolute atomic E-state index is 11.7. The van der Waals surface area contributed by atoms with Crippen molar-refractivity contribution in [3.8, 4) is 11.5 Å². The largest absolute Gasteiger partial charge is 0.482 e. The van der Waals surface area contributed by atoms with Crippen molar-refractivity contribution in [1.29, 1.82) is 0 Å². The normalized spacial score (nSPS) is 9.85. The lowest BCUT2D eigenvalue weighted by atomic mass is 10.2. The summed E-state index contributed by atoms with van der Waals surface area (Å²) in [4.78, 5) is 22.5. The van der Waals surface area contributed by atoms with Gasteiger partial charge in [0.15, 0.2) is 12.9 Å². The Morgan fingerprint density at radius 3 is 2.50 bits per heavy atom. The van der Waals surface area contributed by atoms with Gasteiger partial charge in [-0.3, -0.25) is 4.79 Å². The summed E-state index contributed by atoms with van der Waals surface area (Å²) in [6, 6.07) is 13.9. The maximum atomic E-state index is 11.7. The van der Waals surface area contributed by atoms with Crippen molar-refractivity contribution in [3.63, 3.8) is 0 Å². The number of carbonyl (C=O) groups excluding carboxylic acids is 2. The molecule has 4 nitrogen and oxygen atoms in total. The molecule has 0 spiro atoms. The number of hydrogen-bond acceptors (Lipinski definition) is 4. The number of aldehydes is 1. The zero-order valence-electron chi connectivity index (χ0n) is 11.0. The fraction of sp³-hybridized carbons (Fsp3) is 0.125. The van der Waals surface area contributed by atoms with Crippen molar-refractivity contribution in [2.24, 2.45) is 0 Å². The molecule has 2 rings (SSSR count). The topological polar surface area (TPSA) is 52.6 Å². The molecule has 0 aliphatic carbocycles. The highest BCUT2D eigenvalue weighted by Crippen LogP contribution is 2.16. The Bertz CT molecular complexity index is 602. The number of para-hydroxylation sites is 1. The van der Waals surface area contributed by atoms with Gasteiger partial charge in [0, 0.05) is 0 Å². The van der Waals surface area contributed by atoms with Gasteiger partial charge in [-0.05, 0) is 31.2 Å². The molecule has 2 aromatic carbocycles. The first-order valence-electron chi connectivity index (χ1n) is 6.13. The van der Waals surface area contributed by atoms with Crippen LogP contribution in [0.1, 0.15) is 15.9 Å². The lowest BCUT2D eigenvalue weighted by Gasteiger charge is -2.08. The average Bonchev–Trinajstić information content (AvgIpc) is 2.47. The molecule has 0 unspecified atom stereocenters. The van der Waals surface area contributed by atoms with E-state index < -0.39 is 5.97 Å². The first kappa shape index (κ1) is 13.8. The highest BCUT2D eigenvalue weighted by atomic mass is 16.6. The Morgan fingerprint density at radius 1 is 1.10 bits per heavy atom. The molecule has 0 radical (unpaired) electrons. The first-order valence-corrected chi connectivity index (χ1v) is 6.13. The summed E-state index contributed by atoms with van der Waals surface area (Å²) in [5.41, 5.74) is 1.44. The molecule has 0 aliphatic rings. The van der Waals surface area contributed by atoms with Crippen LogP contribution in [0, 0.1) is 6.92 Å². The van der Waals surface area contributed by atoms with Gasteiger partial charge in [-0.25, -0.2) is 4.79 Å². The van der Waals surface area contributed by atoms with Crippen LogP contribution in [0.2, 0.25) is 0 Å². The van der Waals surface area contributed by atoms with E-state index in [1.165, 1.54) is 0 Å². The highest BCUT2D eigenvalue weighted by molar-refractivity contribution is 5.82. The molecule has 4 heteroatoms. The number of benzene rings is 2. The van der Waals surface area contributed by atoms with Gasteiger partial charge in [0.25, 0.3) is 0 Å². The van der Waals surface area contributed by atoms with Gasteiger partial charge < -0.3 is 9.47 Å². The fourth-order valence-corrected chi connectivity index (χ4v) is 1.60. The quantitative estimate of drug-likeness (QED) is 0.476. The number of ether oxygens (including phenoxy) is 2. The highest BCUT2D eigenvalue weighted by Gasteiger charge is 2.09. The molecule has 0 aromatic heterocycles. The molecular formula is C16H14O4. The summed E-state index contributed by atoms with van der Waals surface area (Å²) in [6.45, 7) is 1.75. The minimum Gasteiger partial charge on any atom is -0.482 e. The summed E-state index contributed by atoms with van der Waals surface area (Å²) in [6.07, 6.45) is 0.642. The van der Waals surface area contributed by atoms with Crippen molar-refractivity contribution in [3.05, 3.63) is 59.7 Å². The smallest absolute Gasteiger partial charge is 0.349 e. The van der Waals surface area contributed by atoms with Crippen molar-refractivity contribution in [2.45, 2.75) is 6.92 Å². The molecule has 0 N–H and O–H groups in total. The van der Waals surface area contributed by atoms with E-state index in [2.05, 4.69) is 0 Å². The Balaban J connectivity index is 1.92. The van der Waals surface area contributed by atoms with E-state index in [0.29, 0.717) is 17.6 Å². The molecule has 0 amide bonds. The summed E-state index contributed by atoms with van der Waals surface area (Å²) in [5, 5.41) is 0. The minimum absolute atomic E-state index is 0.212. The summed E-state index contributed by atoms with van der Waals surface area (Å²) < 4.78 is 10.4. The van der Waals surface area contributed by atoms with Crippen LogP contribution in [0.4, 0.5) is 0 Å². The first-order chi connectivity index (χ1) is 9.69. The Hall–Kier alpha value is -2.62. The summed E-state index contributed by atoms with van der Waals surface area (Å²) in [7, 11) is 0. The number of aryl methyl sites for hydroxylation is 1. The van der Waals surface area contributed by atoms with Crippen molar-refractivity contribution in [2.75, 3.05) is 6.61 Å². The summed E-state index contributed by atoms with van der Waals surface area (Å²) in [5.74, 6) is 0.274. The van der Waals surface area contributed by atoms with E-state index in [4.69, 9.17) is 9.47 Å². The van der Waals surface area contributed by atoms with Crippen LogP contribution in [0.25, 0.3) is 0 Å². The number of hydrogen-bond donors (Lipinski definition) is 0. The molecule has 0 fully saturated rings. The second kappa shape index (κ2) is 6.52. The van der Waals surface area contributed by atoms with Crippen LogP contribution < -0.4 is 9.47 Å². The third-order valence-corrected chi connectivity index (χ3v) is 2.65. The molecule has 102 valence electrons. The second-order valence-electron chi connectivity index (χ2n) is 4.23. The minimum atomic E-state index is -0.556. The molecule has 0 aliphatic heterocycles. The molecular weight excluding hydrogens is 256 g/mol. The zero-order valence-corrected chi connectivity index (χ0v) is 11.0. The van der Waals surface area contributed by atoms with Crippen molar-refractivity contribution >= 4 is 12.3 Å². The molecule has 0 saturated heterocycles. The Kier molecular flexibility index (Phi) is 4.50. The molecule has 0 atom stereocenters. The molecule has 0 heterocycles. The van der Waals surface area contributed by atoms with Crippen LogP contribution in [-0.2, 0) is 4.79 Å². The van der Waals surface area contributed by atoms with Crippen LogP contribution in [0.3, 0.4) is 0 Å². The molecule has 20 heavy (non-hydrogen) atoms. The van der Waals surface area contributed by atoms with E-state index in [9.17, 15) is 9.59 Å². The molecule has 2 aromatic rings. The number of carbonyl (C=O) groups is 2. The Morgan fingerprint density at radius 2 is 1.80 bits per heavy atom. The fourth-order valence-electron chi connectivity index (χ4n) is 1.60. The lowest BCUT2D eigenvalue weighted by Crippen LogP contribution is -2.18. The lowest BCUT2D eigenvalue weighted by molar-refractivity contribution is -0.136. The molecule has 0 bridgehead atoms. The Labute approximate surface area is 116 Å². The van der Waals surface area contributed by atoms with Gasteiger partial charge in [0.2, 0.25) is 0 Å². The van der Waals surface area contributed by atoms with Crippen molar-refractivity contribution < 1.29 is 19.1 Å². The predicted molar refractivity (Wildman–Crippen MR) is 74.1 cm³/mol. The monoisotopic (exact) mass is 270 g/mol. The van der Waals surface area contributed by atoms with Crippen LogP contribution in [0.5, 0.6) is 11.5 Å². The SMILES string of the molecule is Cc1ccc(OCC(=O)Oc2ccccc2C=O)cc1. The van der Waals surface area contributed by atoms with Gasteiger partial charge in [0.05, 0.1) is 5.56 Å². The van der Waals surface area contributed by atoms with E-state index >= 15 is 0 Å². The average molecular weight is 270 g/mol. The molecule has 0 saturated carbocycles. The van der Waals surface area contributed by atoms with E-state index in [0.717, 1.165) is 5.56 Å². The third kappa shape index (κ3) is 3.68. The van der Waals surface area contributed by atoms with E-state index in [-0.39, 0.29) is 12.4 Å². The van der Waals surface area contributed by atoms with Crippen molar-refractivity contribution in [1.82, 2.24) is 0 Å². The van der Waals surface area contributed by atoms with Gasteiger partial charge >= 0.3 is 5.97 Å². The van der Waals surface area contributed by atoms with Gasteiger partial charge in [0.1, 0.15) is 11.5 Å². The van der Waals surface area contributed by atoms with Crippen LogP contribution in [-0.4, -0.2) is 18.9 Å². The van der Waals surface area contributed by atoms with Gasteiger partial charge in [-0.2, -0.15) is 0 Å². The van der Waals surface area contributed by atoms with E-state index in [1.54, 1.807) is 36.4 Å². The van der Waals surface area contributed by atoms with Gasteiger partial charge in [-0.1, -0.05) is 29.8 Å². The second-order valence-corrected chi connectivity index (χ2v) is 4.23. The number of esters is 1. The zero-order chi connectivity index (χ0) is 14.4.